The van der Waals surface area contributed by atoms with Gasteiger partial charge in [0.15, 0.2) is 5.76 Å². The molecule has 5 nitrogen and oxygen atoms in total. The summed E-state index contributed by atoms with van der Waals surface area (Å²) in [5, 5.41) is 3.99. The summed E-state index contributed by atoms with van der Waals surface area (Å²) in [7, 11) is 0. The van der Waals surface area contributed by atoms with Crippen molar-refractivity contribution in [2.75, 3.05) is 19.6 Å². The fourth-order valence-corrected chi connectivity index (χ4v) is 3.86. The molecular weight excluding hydrogens is 302 g/mol. The molecule has 0 bridgehead atoms. The third-order valence-corrected chi connectivity index (χ3v) is 5.16. The second-order valence-electron chi connectivity index (χ2n) is 6.83. The first kappa shape index (κ1) is 15.4. The summed E-state index contributed by atoms with van der Waals surface area (Å²) in [6, 6.07) is 10.6. The first-order valence-corrected chi connectivity index (χ1v) is 8.72. The monoisotopic (exact) mass is 325 g/mol. The first-order chi connectivity index (χ1) is 11.7. The molecule has 0 unspecified atom stereocenters. The molecule has 0 radical (unpaired) electrons. The molecule has 3 heterocycles. The smallest absolute Gasteiger partial charge is 0.237 e. The lowest BCUT2D eigenvalue weighted by Gasteiger charge is -2.31. The van der Waals surface area contributed by atoms with E-state index in [9.17, 15) is 4.79 Å². The molecule has 0 aliphatic carbocycles. The van der Waals surface area contributed by atoms with Gasteiger partial charge in [0.05, 0.1) is 18.3 Å². The van der Waals surface area contributed by atoms with Crippen molar-refractivity contribution in [1.82, 2.24) is 15.0 Å². The number of carbonyl (C=O) groups excluding carboxylic acids is 1. The molecule has 0 saturated carbocycles. The maximum Gasteiger partial charge on any atom is 0.237 e. The van der Waals surface area contributed by atoms with Crippen LogP contribution >= 0.6 is 0 Å². The number of carbonyl (C=O) groups is 1. The molecule has 1 saturated heterocycles. The van der Waals surface area contributed by atoms with E-state index in [-0.39, 0.29) is 11.9 Å². The van der Waals surface area contributed by atoms with Gasteiger partial charge >= 0.3 is 0 Å². The normalized spacial score (nSPS) is 21.0. The zero-order valence-corrected chi connectivity index (χ0v) is 14.1. The molecule has 1 atom stereocenters. The van der Waals surface area contributed by atoms with E-state index in [1.54, 1.807) is 0 Å². The van der Waals surface area contributed by atoms with E-state index in [2.05, 4.69) is 34.3 Å². The van der Waals surface area contributed by atoms with Crippen LogP contribution in [-0.2, 0) is 17.8 Å². The second-order valence-corrected chi connectivity index (χ2v) is 6.83. The standard InChI is InChI=1S/C19H23N3O2/c1-14-11-18(24-20-14)17-7-4-9-21(17)13-19(23)22-10-8-15-5-2-3-6-16(15)12-22/h2-3,5-6,11,17H,4,7-10,12-13H2,1H3/t17-/m0/s1. The summed E-state index contributed by atoms with van der Waals surface area (Å²) >= 11 is 0. The van der Waals surface area contributed by atoms with Crippen molar-refractivity contribution >= 4 is 5.91 Å². The summed E-state index contributed by atoms with van der Waals surface area (Å²) in [4.78, 5) is 17.0. The van der Waals surface area contributed by atoms with Crippen LogP contribution in [-0.4, -0.2) is 40.5 Å². The Morgan fingerprint density at radius 3 is 2.92 bits per heavy atom. The van der Waals surface area contributed by atoms with Crippen molar-refractivity contribution in [2.24, 2.45) is 0 Å². The van der Waals surface area contributed by atoms with Crippen molar-refractivity contribution in [3.8, 4) is 0 Å². The van der Waals surface area contributed by atoms with E-state index in [1.807, 2.05) is 17.9 Å². The van der Waals surface area contributed by atoms with Crippen LogP contribution in [0.3, 0.4) is 0 Å². The van der Waals surface area contributed by atoms with Gasteiger partial charge in [0, 0.05) is 19.2 Å². The predicted molar refractivity (Wildman–Crippen MR) is 90.4 cm³/mol. The minimum absolute atomic E-state index is 0.187. The van der Waals surface area contributed by atoms with Crippen LogP contribution in [0.1, 0.15) is 41.5 Å². The van der Waals surface area contributed by atoms with Gasteiger partial charge in [-0.1, -0.05) is 29.4 Å². The van der Waals surface area contributed by atoms with Gasteiger partial charge in [-0.2, -0.15) is 0 Å². The molecule has 1 aromatic carbocycles. The highest BCUT2D eigenvalue weighted by molar-refractivity contribution is 5.78. The van der Waals surface area contributed by atoms with Crippen molar-refractivity contribution < 1.29 is 9.32 Å². The molecule has 1 amide bonds. The largest absolute Gasteiger partial charge is 0.359 e. The third kappa shape index (κ3) is 2.96. The quantitative estimate of drug-likeness (QED) is 0.870. The van der Waals surface area contributed by atoms with Crippen LogP contribution < -0.4 is 0 Å². The Balaban J connectivity index is 1.42. The molecule has 24 heavy (non-hydrogen) atoms. The van der Waals surface area contributed by atoms with Crippen LogP contribution in [0, 0.1) is 6.92 Å². The Labute approximate surface area is 142 Å². The third-order valence-electron chi connectivity index (χ3n) is 5.16. The second kappa shape index (κ2) is 6.40. The van der Waals surface area contributed by atoms with Crippen molar-refractivity contribution in [1.29, 1.82) is 0 Å². The van der Waals surface area contributed by atoms with E-state index < -0.39 is 0 Å². The molecule has 4 rings (SSSR count). The van der Waals surface area contributed by atoms with Gasteiger partial charge in [-0.15, -0.1) is 0 Å². The molecule has 2 aromatic rings. The minimum atomic E-state index is 0.187. The Bertz CT molecular complexity index is 740. The highest BCUT2D eigenvalue weighted by Gasteiger charge is 2.32. The number of benzene rings is 1. The fourth-order valence-electron chi connectivity index (χ4n) is 3.86. The number of rotatable bonds is 3. The van der Waals surface area contributed by atoms with Gasteiger partial charge < -0.3 is 9.42 Å². The Hall–Kier alpha value is -2.14. The molecule has 0 N–H and O–H groups in total. The summed E-state index contributed by atoms with van der Waals surface area (Å²) in [6.45, 7) is 4.89. The highest BCUT2D eigenvalue weighted by atomic mass is 16.5. The summed E-state index contributed by atoms with van der Waals surface area (Å²) in [5.74, 6) is 1.11. The lowest BCUT2D eigenvalue weighted by molar-refractivity contribution is -0.133. The van der Waals surface area contributed by atoms with Gasteiger partial charge in [0.1, 0.15) is 0 Å². The molecule has 126 valence electrons. The van der Waals surface area contributed by atoms with Crippen molar-refractivity contribution in [3.63, 3.8) is 0 Å². The average Bonchev–Trinajstić information content (AvgIpc) is 3.23. The Morgan fingerprint density at radius 2 is 2.12 bits per heavy atom. The number of likely N-dealkylation sites (tertiary alicyclic amines) is 1. The maximum atomic E-state index is 12.8. The number of aromatic nitrogens is 1. The molecule has 2 aliphatic rings. The molecule has 0 spiro atoms. The molecule has 1 aromatic heterocycles. The van der Waals surface area contributed by atoms with Crippen LogP contribution in [0.4, 0.5) is 0 Å². The van der Waals surface area contributed by atoms with E-state index in [0.29, 0.717) is 6.54 Å². The molecule has 2 aliphatic heterocycles. The van der Waals surface area contributed by atoms with Gasteiger partial charge in [-0.05, 0) is 43.9 Å². The number of amides is 1. The summed E-state index contributed by atoms with van der Waals surface area (Å²) in [6.07, 6.45) is 3.08. The molecule has 5 heteroatoms. The Morgan fingerprint density at radius 1 is 1.29 bits per heavy atom. The van der Waals surface area contributed by atoms with Crippen molar-refractivity contribution in [2.45, 2.75) is 38.8 Å². The molecule has 1 fully saturated rings. The Kier molecular flexibility index (Phi) is 4.10. The van der Waals surface area contributed by atoms with Gasteiger partial charge in [0.25, 0.3) is 0 Å². The van der Waals surface area contributed by atoms with E-state index >= 15 is 0 Å². The van der Waals surface area contributed by atoms with Crippen LogP contribution in [0.25, 0.3) is 0 Å². The SMILES string of the molecule is Cc1cc([C@@H]2CCCN2CC(=O)N2CCc3ccccc3C2)on1. The number of hydrogen-bond donors (Lipinski definition) is 0. The highest BCUT2D eigenvalue weighted by Crippen LogP contribution is 2.32. The van der Waals surface area contributed by atoms with Crippen LogP contribution in [0.5, 0.6) is 0 Å². The average molecular weight is 325 g/mol. The van der Waals surface area contributed by atoms with E-state index in [1.165, 1.54) is 11.1 Å². The lowest BCUT2D eigenvalue weighted by Crippen LogP contribution is -2.42. The summed E-state index contributed by atoms with van der Waals surface area (Å²) in [5.41, 5.74) is 3.55. The van der Waals surface area contributed by atoms with Gasteiger partial charge in [0.2, 0.25) is 5.91 Å². The lowest BCUT2D eigenvalue weighted by atomic mass is 10.00. The van der Waals surface area contributed by atoms with Crippen LogP contribution in [0.15, 0.2) is 34.9 Å². The molecular formula is C19H23N3O2. The number of nitrogens with zero attached hydrogens (tertiary/aromatic N) is 3. The number of fused-ring (bicyclic) bond motifs is 1. The zero-order chi connectivity index (χ0) is 16.5. The summed E-state index contributed by atoms with van der Waals surface area (Å²) < 4.78 is 5.44. The van der Waals surface area contributed by atoms with Gasteiger partial charge in [-0.3, -0.25) is 9.69 Å². The van der Waals surface area contributed by atoms with E-state index in [4.69, 9.17) is 4.52 Å². The fraction of sp³-hybridized carbons (Fsp3) is 0.474. The van der Waals surface area contributed by atoms with Gasteiger partial charge in [-0.25, -0.2) is 0 Å². The van der Waals surface area contributed by atoms with Crippen LogP contribution in [0.2, 0.25) is 0 Å². The topological polar surface area (TPSA) is 49.6 Å². The first-order valence-electron chi connectivity index (χ1n) is 8.72. The maximum absolute atomic E-state index is 12.8. The zero-order valence-electron chi connectivity index (χ0n) is 14.1. The minimum Gasteiger partial charge on any atom is -0.359 e. The van der Waals surface area contributed by atoms with Crippen molar-refractivity contribution in [3.05, 3.63) is 52.9 Å². The number of hydrogen-bond acceptors (Lipinski definition) is 4. The van der Waals surface area contributed by atoms with E-state index in [0.717, 1.165) is 50.4 Å². The predicted octanol–water partition coefficient (Wildman–Crippen LogP) is 2.70. The number of aryl methyl sites for hydroxylation is 1.